The molecule has 2 N–H and O–H groups in total. The third kappa shape index (κ3) is 3.37. The Kier molecular flexibility index (Phi) is 4.90. The van der Waals surface area contributed by atoms with Crippen molar-refractivity contribution in [1.82, 2.24) is 20.4 Å². The molecule has 0 radical (unpaired) electrons. The zero-order valence-corrected chi connectivity index (χ0v) is 14.2. The molecule has 2 fully saturated rings. The molecule has 0 aliphatic heterocycles. The average molecular weight is 320 g/mol. The van der Waals surface area contributed by atoms with Crippen LogP contribution in [0.3, 0.4) is 0 Å². The fourth-order valence-electron chi connectivity index (χ4n) is 4.20. The molecule has 2 amide bonds. The molecule has 3 rings (SSSR count). The minimum absolute atomic E-state index is 0.0628. The van der Waals surface area contributed by atoms with Gasteiger partial charge in [-0.05, 0) is 32.3 Å². The number of nitrogens with zero attached hydrogens (tertiary/aromatic N) is 2. The summed E-state index contributed by atoms with van der Waals surface area (Å²) in [6, 6.07) is 2.18. The maximum Gasteiger partial charge on any atom is 0.315 e. The highest BCUT2D eigenvalue weighted by Gasteiger charge is 2.57. The van der Waals surface area contributed by atoms with E-state index >= 15 is 0 Å². The number of aryl methyl sites for hydroxylation is 1. The van der Waals surface area contributed by atoms with Gasteiger partial charge in [0.1, 0.15) is 0 Å². The number of rotatable bonds is 6. The second-order valence-electron chi connectivity index (χ2n) is 6.80. The average Bonchev–Trinajstić information content (AvgIpc) is 3.17. The molecule has 23 heavy (non-hydrogen) atoms. The lowest BCUT2D eigenvalue weighted by atomic mass is 9.60. The Morgan fingerprint density at radius 1 is 1.48 bits per heavy atom. The SMILES string of the molecule is CCOC1CC(NC(=O)NCCc2ccn(C)n2)C12CCCC2. The number of amides is 2. The first-order chi connectivity index (χ1) is 11.1. The molecule has 128 valence electrons. The number of ether oxygens (including phenoxy) is 1. The molecule has 1 heterocycles. The van der Waals surface area contributed by atoms with Crippen molar-refractivity contribution in [1.29, 1.82) is 0 Å². The number of aromatic nitrogens is 2. The highest BCUT2D eigenvalue weighted by molar-refractivity contribution is 5.74. The summed E-state index contributed by atoms with van der Waals surface area (Å²) in [5.41, 5.74) is 1.19. The summed E-state index contributed by atoms with van der Waals surface area (Å²) < 4.78 is 7.67. The Balaban J connectivity index is 1.44. The van der Waals surface area contributed by atoms with Crippen molar-refractivity contribution in [3.8, 4) is 0 Å². The van der Waals surface area contributed by atoms with Gasteiger partial charge >= 0.3 is 6.03 Å². The van der Waals surface area contributed by atoms with Crippen LogP contribution in [0.1, 0.15) is 44.7 Å². The van der Waals surface area contributed by atoms with E-state index in [2.05, 4.69) is 15.7 Å². The normalized spacial score (nSPS) is 25.3. The van der Waals surface area contributed by atoms with Crippen LogP contribution in [0.5, 0.6) is 0 Å². The van der Waals surface area contributed by atoms with Crippen molar-refractivity contribution < 1.29 is 9.53 Å². The Hall–Kier alpha value is -1.56. The predicted molar refractivity (Wildman–Crippen MR) is 88.2 cm³/mol. The van der Waals surface area contributed by atoms with Crippen molar-refractivity contribution in [3.05, 3.63) is 18.0 Å². The predicted octanol–water partition coefficient (Wildman–Crippen LogP) is 2.00. The first kappa shape index (κ1) is 16.3. The van der Waals surface area contributed by atoms with E-state index in [-0.39, 0.29) is 17.5 Å². The minimum atomic E-state index is -0.0628. The quantitative estimate of drug-likeness (QED) is 0.842. The highest BCUT2D eigenvalue weighted by atomic mass is 16.5. The van der Waals surface area contributed by atoms with Crippen LogP contribution in [0.15, 0.2) is 12.3 Å². The highest BCUT2D eigenvalue weighted by Crippen LogP contribution is 2.54. The number of carbonyl (C=O) groups excluding carboxylic acids is 1. The molecule has 2 saturated carbocycles. The van der Waals surface area contributed by atoms with Crippen LogP contribution >= 0.6 is 0 Å². The van der Waals surface area contributed by atoms with Gasteiger partial charge < -0.3 is 15.4 Å². The standard InChI is InChI=1S/C17H28N4O2/c1-3-23-15-12-14(17(15)8-4-5-9-17)19-16(22)18-10-6-13-7-11-21(2)20-13/h7,11,14-15H,3-6,8-10,12H2,1-2H3,(H2,18,19,22). The summed E-state index contributed by atoms with van der Waals surface area (Å²) in [4.78, 5) is 12.2. The number of carbonyl (C=O) groups is 1. The molecule has 0 aromatic carbocycles. The molecule has 2 unspecified atom stereocenters. The van der Waals surface area contributed by atoms with E-state index in [1.165, 1.54) is 25.7 Å². The van der Waals surface area contributed by atoms with Gasteiger partial charge in [-0.25, -0.2) is 4.79 Å². The van der Waals surface area contributed by atoms with E-state index < -0.39 is 0 Å². The van der Waals surface area contributed by atoms with E-state index in [1.807, 2.05) is 26.2 Å². The van der Waals surface area contributed by atoms with E-state index in [0.717, 1.165) is 25.1 Å². The van der Waals surface area contributed by atoms with E-state index in [0.29, 0.717) is 12.6 Å². The lowest BCUT2D eigenvalue weighted by Gasteiger charge is -2.53. The number of hydrogen-bond acceptors (Lipinski definition) is 3. The molecule has 2 atom stereocenters. The second-order valence-corrected chi connectivity index (χ2v) is 6.80. The Bertz CT molecular complexity index is 536. The molecule has 1 aromatic rings. The number of hydrogen-bond donors (Lipinski definition) is 2. The Labute approximate surface area is 138 Å². The molecule has 2 aliphatic carbocycles. The van der Waals surface area contributed by atoms with Crippen molar-refractivity contribution in [2.24, 2.45) is 12.5 Å². The maximum absolute atomic E-state index is 12.2. The fourth-order valence-corrected chi connectivity index (χ4v) is 4.20. The Morgan fingerprint density at radius 2 is 2.26 bits per heavy atom. The van der Waals surface area contributed by atoms with Gasteiger partial charge in [-0.1, -0.05) is 12.8 Å². The van der Waals surface area contributed by atoms with E-state index in [4.69, 9.17) is 4.74 Å². The van der Waals surface area contributed by atoms with Gasteiger partial charge in [0.05, 0.1) is 11.8 Å². The fraction of sp³-hybridized carbons (Fsp3) is 0.765. The van der Waals surface area contributed by atoms with Crippen molar-refractivity contribution in [3.63, 3.8) is 0 Å². The molecule has 0 saturated heterocycles. The van der Waals surface area contributed by atoms with Crippen LogP contribution in [0.4, 0.5) is 4.79 Å². The van der Waals surface area contributed by atoms with Gasteiger partial charge in [0.15, 0.2) is 0 Å². The summed E-state index contributed by atoms with van der Waals surface area (Å²) in [7, 11) is 1.90. The zero-order chi connectivity index (χ0) is 16.3. The first-order valence-electron chi connectivity index (χ1n) is 8.78. The number of nitrogens with one attached hydrogen (secondary N) is 2. The third-order valence-electron chi connectivity index (χ3n) is 5.43. The summed E-state index contributed by atoms with van der Waals surface area (Å²) in [6.07, 6.45) is 8.81. The van der Waals surface area contributed by atoms with Gasteiger partial charge in [-0.15, -0.1) is 0 Å². The molecule has 2 aliphatic rings. The summed E-state index contributed by atoms with van der Waals surface area (Å²) in [5, 5.41) is 10.4. The largest absolute Gasteiger partial charge is 0.378 e. The Morgan fingerprint density at radius 3 is 2.91 bits per heavy atom. The summed E-state index contributed by atoms with van der Waals surface area (Å²) >= 11 is 0. The van der Waals surface area contributed by atoms with Crippen LogP contribution in [-0.2, 0) is 18.2 Å². The lowest BCUT2D eigenvalue weighted by molar-refractivity contribution is -0.126. The molecule has 6 nitrogen and oxygen atoms in total. The smallest absolute Gasteiger partial charge is 0.315 e. The van der Waals surface area contributed by atoms with Crippen LogP contribution < -0.4 is 10.6 Å². The van der Waals surface area contributed by atoms with Crippen molar-refractivity contribution >= 4 is 6.03 Å². The molecule has 0 bridgehead atoms. The number of urea groups is 1. The van der Waals surface area contributed by atoms with Crippen LogP contribution in [0, 0.1) is 5.41 Å². The molecule has 1 spiro atoms. The van der Waals surface area contributed by atoms with Crippen LogP contribution in [-0.4, -0.2) is 41.1 Å². The van der Waals surface area contributed by atoms with Gasteiger partial charge in [0.25, 0.3) is 0 Å². The zero-order valence-electron chi connectivity index (χ0n) is 14.2. The van der Waals surface area contributed by atoms with Crippen LogP contribution in [0.25, 0.3) is 0 Å². The van der Waals surface area contributed by atoms with E-state index in [9.17, 15) is 4.79 Å². The third-order valence-corrected chi connectivity index (χ3v) is 5.43. The van der Waals surface area contributed by atoms with Crippen molar-refractivity contribution in [2.75, 3.05) is 13.2 Å². The first-order valence-corrected chi connectivity index (χ1v) is 8.78. The van der Waals surface area contributed by atoms with Crippen LogP contribution in [0.2, 0.25) is 0 Å². The summed E-state index contributed by atoms with van der Waals surface area (Å²) in [6.45, 7) is 3.42. The molecular formula is C17H28N4O2. The van der Waals surface area contributed by atoms with Gasteiger partial charge in [0, 0.05) is 44.3 Å². The van der Waals surface area contributed by atoms with Gasteiger partial charge in [-0.3, -0.25) is 4.68 Å². The molecule has 6 heteroatoms. The minimum Gasteiger partial charge on any atom is -0.378 e. The topological polar surface area (TPSA) is 68.2 Å². The second kappa shape index (κ2) is 6.91. The maximum atomic E-state index is 12.2. The molecular weight excluding hydrogens is 292 g/mol. The van der Waals surface area contributed by atoms with Gasteiger partial charge in [0.2, 0.25) is 0 Å². The van der Waals surface area contributed by atoms with E-state index in [1.54, 1.807) is 4.68 Å². The van der Waals surface area contributed by atoms with Crippen molar-refractivity contribution in [2.45, 2.75) is 57.6 Å². The summed E-state index contributed by atoms with van der Waals surface area (Å²) in [5.74, 6) is 0. The lowest BCUT2D eigenvalue weighted by Crippen LogP contribution is -2.64. The monoisotopic (exact) mass is 320 g/mol. The molecule has 1 aromatic heterocycles. The van der Waals surface area contributed by atoms with Gasteiger partial charge in [-0.2, -0.15) is 5.10 Å².